The quantitative estimate of drug-likeness (QED) is 0.713. The van der Waals surface area contributed by atoms with Crippen LogP contribution in [0.2, 0.25) is 0 Å². The highest BCUT2D eigenvalue weighted by atomic mass is 19.4. The van der Waals surface area contributed by atoms with Crippen LogP contribution in [0.4, 0.5) is 18.9 Å². The highest BCUT2D eigenvalue weighted by Crippen LogP contribution is 2.38. The number of rotatable bonds is 0. The number of benzene rings is 1. The van der Waals surface area contributed by atoms with Crippen LogP contribution < -0.4 is 5.32 Å². The predicted octanol–water partition coefficient (Wildman–Crippen LogP) is 4.31. The third-order valence-corrected chi connectivity index (χ3v) is 2.81. The Hall–Kier alpha value is -1.45. The maximum Gasteiger partial charge on any atom is 0.416 e. The molecule has 1 N–H and O–H groups in total. The molecule has 0 aromatic heterocycles. The first-order valence-electron chi connectivity index (χ1n) is 5.38. The summed E-state index contributed by atoms with van der Waals surface area (Å²) in [5.41, 5.74) is 1.42. The SMILES string of the molecule is CC1=CC(C)(C)Nc2ccc(C(F)(F)F)cc21. The molecule has 0 amide bonds. The van der Waals surface area contributed by atoms with Gasteiger partial charge in [0.25, 0.3) is 0 Å². The number of halogens is 3. The summed E-state index contributed by atoms with van der Waals surface area (Å²) in [6.45, 7) is 5.80. The second-order valence-electron chi connectivity index (χ2n) is 4.93. The largest absolute Gasteiger partial charge is 0.416 e. The van der Waals surface area contributed by atoms with E-state index >= 15 is 0 Å². The average Bonchev–Trinajstić information content (AvgIpc) is 2.13. The Kier molecular flexibility index (Phi) is 2.49. The van der Waals surface area contributed by atoms with Gasteiger partial charge in [-0.05, 0) is 44.5 Å². The molecule has 0 aliphatic carbocycles. The molecule has 1 heterocycles. The van der Waals surface area contributed by atoms with E-state index in [1.165, 1.54) is 12.1 Å². The molecule has 1 aromatic rings. The molecule has 0 bridgehead atoms. The van der Waals surface area contributed by atoms with Crippen LogP contribution in [0.3, 0.4) is 0 Å². The minimum Gasteiger partial charge on any atom is -0.376 e. The smallest absolute Gasteiger partial charge is 0.376 e. The van der Waals surface area contributed by atoms with E-state index in [9.17, 15) is 13.2 Å². The van der Waals surface area contributed by atoms with Crippen LogP contribution in [0, 0.1) is 0 Å². The van der Waals surface area contributed by atoms with E-state index in [4.69, 9.17) is 0 Å². The first-order chi connectivity index (χ1) is 7.69. The van der Waals surface area contributed by atoms with Gasteiger partial charge >= 0.3 is 6.18 Å². The van der Waals surface area contributed by atoms with Crippen molar-refractivity contribution in [3.63, 3.8) is 0 Å². The first kappa shape index (κ1) is 12.0. The highest BCUT2D eigenvalue weighted by molar-refractivity contribution is 5.80. The second kappa shape index (κ2) is 3.52. The summed E-state index contributed by atoms with van der Waals surface area (Å²) in [6.07, 6.45) is -2.35. The standard InChI is InChI=1S/C13H14F3N/c1-8-7-12(2,3)17-11-5-4-9(6-10(8)11)13(14,15)16/h4-7,17H,1-3H3. The van der Waals surface area contributed by atoms with E-state index < -0.39 is 11.7 Å². The van der Waals surface area contributed by atoms with Crippen molar-refractivity contribution >= 4 is 11.3 Å². The molecule has 0 atom stereocenters. The van der Waals surface area contributed by atoms with Gasteiger partial charge in [-0.15, -0.1) is 0 Å². The Balaban J connectivity index is 2.52. The Bertz CT molecular complexity index is 484. The molecular formula is C13H14F3N. The fourth-order valence-corrected chi connectivity index (χ4v) is 2.16. The summed E-state index contributed by atoms with van der Waals surface area (Å²) in [7, 11) is 0. The lowest BCUT2D eigenvalue weighted by Crippen LogP contribution is -2.31. The van der Waals surface area contributed by atoms with Gasteiger partial charge in [-0.3, -0.25) is 0 Å². The van der Waals surface area contributed by atoms with Crippen LogP contribution in [0.25, 0.3) is 5.57 Å². The van der Waals surface area contributed by atoms with Crippen LogP contribution in [0.5, 0.6) is 0 Å². The summed E-state index contributed by atoms with van der Waals surface area (Å²) in [4.78, 5) is 0. The maximum atomic E-state index is 12.6. The summed E-state index contributed by atoms with van der Waals surface area (Å²) in [6, 6.07) is 3.81. The van der Waals surface area contributed by atoms with Crippen molar-refractivity contribution < 1.29 is 13.2 Å². The Morgan fingerprint density at radius 3 is 2.41 bits per heavy atom. The molecule has 17 heavy (non-hydrogen) atoms. The zero-order valence-electron chi connectivity index (χ0n) is 9.94. The van der Waals surface area contributed by atoms with Gasteiger partial charge in [0.05, 0.1) is 11.1 Å². The number of fused-ring (bicyclic) bond motifs is 1. The first-order valence-corrected chi connectivity index (χ1v) is 5.38. The minimum absolute atomic E-state index is 0.225. The molecule has 0 unspecified atom stereocenters. The lowest BCUT2D eigenvalue weighted by atomic mass is 9.90. The number of hydrogen-bond acceptors (Lipinski definition) is 1. The van der Waals surface area contributed by atoms with E-state index in [1.807, 2.05) is 26.8 Å². The summed E-state index contributed by atoms with van der Waals surface area (Å²) >= 11 is 0. The number of allylic oxidation sites excluding steroid dienone is 1. The van der Waals surface area contributed by atoms with E-state index in [0.717, 1.165) is 17.3 Å². The normalized spacial score (nSPS) is 18.1. The number of anilines is 1. The lowest BCUT2D eigenvalue weighted by molar-refractivity contribution is -0.137. The summed E-state index contributed by atoms with van der Waals surface area (Å²) in [5.74, 6) is 0. The molecule has 1 aliphatic heterocycles. The molecule has 1 aliphatic rings. The van der Waals surface area contributed by atoms with Crippen molar-refractivity contribution in [2.24, 2.45) is 0 Å². The van der Waals surface area contributed by atoms with Crippen molar-refractivity contribution in [1.82, 2.24) is 0 Å². The van der Waals surface area contributed by atoms with E-state index in [1.54, 1.807) is 0 Å². The van der Waals surface area contributed by atoms with Crippen molar-refractivity contribution in [3.8, 4) is 0 Å². The van der Waals surface area contributed by atoms with Gasteiger partial charge < -0.3 is 5.32 Å². The Morgan fingerprint density at radius 1 is 1.18 bits per heavy atom. The molecule has 0 spiro atoms. The molecular weight excluding hydrogens is 227 g/mol. The molecule has 0 saturated heterocycles. The van der Waals surface area contributed by atoms with Gasteiger partial charge in [-0.2, -0.15) is 13.2 Å². The van der Waals surface area contributed by atoms with E-state index in [0.29, 0.717) is 5.56 Å². The van der Waals surface area contributed by atoms with Crippen LogP contribution >= 0.6 is 0 Å². The van der Waals surface area contributed by atoms with Crippen molar-refractivity contribution in [2.45, 2.75) is 32.5 Å². The van der Waals surface area contributed by atoms with Crippen LogP contribution in [0.1, 0.15) is 31.9 Å². The summed E-state index contributed by atoms with van der Waals surface area (Å²) in [5, 5.41) is 3.20. The molecule has 2 rings (SSSR count). The Labute approximate surface area is 98.3 Å². The van der Waals surface area contributed by atoms with Gasteiger partial charge in [0, 0.05) is 11.3 Å². The van der Waals surface area contributed by atoms with E-state index in [2.05, 4.69) is 5.32 Å². The lowest BCUT2D eigenvalue weighted by Gasteiger charge is -2.31. The van der Waals surface area contributed by atoms with Gasteiger partial charge in [0.15, 0.2) is 0 Å². The fourth-order valence-electron chi connectivity index (χ4n) is 2.16. The number of nitrogens with one attached hydrogen (secondary N) is 1. The van der Waals surface area contributed by atoms with Crippen molar-refractivity contribution in [1.29, 1.82) is 0 Å². The van der Waals surface area contributed by atoms with E-state index in [-0.39, 0.29) is 5.54 Å². The third-order valence-electron chi connectivity index (χ3n) is 2.81. The maximum absolute atomic E-state index is 12.6. The molecule has 0 radical (unpaired) electrons. The fraction of sp³-hybridized carbons (Fsp3) is 0.385. The monoisotopic (exact) mass is 241 g/mol. The molecule has 92 valence electrons. The summed E-state index contributed by atoms with van der Waals surface area (Å²) < 4.78 is 37.8. The molecule has 0 saturated carbocycles. The zero-order chi connectivity index (χ0) is 12.8. The minimum atomic E-state index is -4.29. The van der Waals surface area contributed by atoms with Crippen LogP contribution in [-0.2, 0) is 6.18 Å². The van der Waals surface area contributed by atoms with Gasteiger partial charge in [0.2, 0.25) is 0 Å². The van der Waals surface area contributed by atoms with Crippen LogP contribution in [0.15, 0.2) is 24.3 Å². The number of hydrogen-bond donors (Lipinski definition) is 1. The zero-order valence-corrected chi connectivity index (χ0v) is 9.94. The van der Waals surface area contributed by atoms with Crippen molar-refractivity contribution in [2.75, 3.05) is 5.32 Å². The van der Waals surface area contributed by atoms with Crippen LogP contribution in [-0.4, -0.2) is 5.54 Å². The average molecular weight is 241 g/mol. The van der Waals surface area contributed by atoms with Crippen molar-refractivity contribution in [3.05, 3.63) is 35.4 Å². The predicted molar refractivity (Wildman–Crippen MR) is 62.8 cm³/mol. The molecule has 1 aromatic carbocycles. The Morgan fingerprint density at radius 2 is 1.82 bits per heavy atom. The van der Waals surface area contributed by atoms with Gasteiger partial charge in [-0.25, -0.2) is 0 Å². The molecule has 0 fully saturated rings. The van der Waals surface area contributed by atoms with Gasteiger partial charge in [0.1, 0.15) is 0 Å². The third kappa shape index (κ3) is 2.30. The molecule has 1 nitrogen and oxygen atoms in total. The van der Waals surface area contributed by atoms with Gasteiger partial charge in [-0.1, -0.05) is 6.08 Å². The molecule has 4 heteroatoms. The topological polar surface area (TPSA) is 12.0 Å². The highest BCUT2D eigenvalue weighted by Gasteiger charge is 2.32. The second-order valence-corrected chi connectivity index (χ2v) is 4.93. The number of alkyl halides is 3.